The van der Waals surface area contributed by atoms with E-state index < -0.39 is 0 Å². The molecule has 2 amide bonds. The van der Waals surface area contributed by atoms with Gasteiger partial charge in [0.25, 0.3) is 5.91 Å². The smallest absolute Gasteiger partial charge is 0.271 e. The molecule has 0 aliphatic heterocycles. The average molecular weight is 236 g/mol. The summed E-state index contributed by atoms with van der Waals surface area (Å²) in [5.74, 6) is 0.247. The SMILES string of the molecule is CC(=O)NCCNC(=O)c1cc(C2CC2)[nH]n1. The Balaban J connectivity index is 1.76. The Morgan fingerprint density at radius 3 is 2.76 bits per heavy atom. The lowest BCUT2D eigenvalue weighted by Gasteiger charge is -2.03. The van der Waals surface area contributed by atoms with Crippen LogP contribution in [0.25, 0.3) is 0 Å². The fourth-order valence-corrected chi connectivity index (χ4v) is 1.56. The van der Waals surface area contributed by atoms with Gasteiger partial charge in [0.1, 0.15) is 5.69 Å². The van der Waals surface area contributed by atoms with Crippen LogP contribution in [0.1, 0.15) is 41.9 Å². The lowest BCUT2D eigenvalue weighted by molar-refractivity contribution is -0.118. The predicted octanol–water partition coefficient (Wildman–Crippen LogP) is 0.153. The van der Waals surface area contributed by atoms with E-state index >= 15 is 0 Å². The van der Waals surface area contributed by atoms with E-state index in [0.717, 1.165) is 5.69 Å². The Bertz CT molecular complexity index is 423. The van der Waals surface area contributed by atoms with Crippen molar-refractivity contribution in [3.8, 4) is 0 Å². The van der Waals surface area contributed by atoms with Gasteiger partial charge in [0.05, 0.1) is 0 Å². The molecule has 2 rings (SSSR count). The van der Waals surface area contributed by atoms with Crippen molar-refractivity contribution in [3.63, 3.8) is 0 Å². The van der Waals surface area contributed by atoms with Crippen molar-refractivity contribution in [1.29, 1.82) is 0 Å². The first-order chi connectivity index (χ1) is 8.16. The number of amides is 2. The van der Waals surface area contributed by atoms with Crippen LogP contribution in [0.5, 0.6) is 0 Å². The molecule has 3 N–H and O–H groups in total. The number of hydrogen-bond donors (Lipinski definition) is 3. The highest BCUT2D eigenvalue weighted by Gasteiger charge is 2.26. The molecule has 0 radical (unpaired) electrons. The number of nitrogens with zero attached hydrogens (tertiary/aromatic N) is 1. The number of aromatic amines is 1. The highest BCUT2D eigenvalue weighted by molar-refractivity contribution is 5.92. The van der Waals surface area contributed by atoms with E-state index in [-0.39, 0.29) is 11.8 Å². The molecule has 1 aliphatic carbocycles. The fraction of sp³-hybridized carbons (Fsp3) is 0.545. The van der Waals surface area contributed by atoms with Gasteiger partial charge >= 0.3 is 0 Å². The summed E-state index contributed by atoms with van der Waals surface area (Å²) in [6, 6.07) is 1.80. The summed E-state index contributed by atoms with van der Waals surface area (Å²) in [4.78, 5) is 22.2. The molecule has 92 valence electrons. The number of rotatable bonds is 5. The number of nitrogens with one attached hydrogen (secondary N) is 3. The molecular weight excluding hydrogens is 220 g/mol. The van der Waals surface area contributed by atoms with Gasteiger partial charge in [-0.25, -0.2) is 0 Å². The maximum atomic E-state index is 11.6. The monoisotopic (exact) mass is 236 g/mol. The zero-order valence-corrected chi connectivity index (χ0v) is 9.75. The van der Waals surface area contributed by atoms with E-state index in [1.165, 1.54) is 19.8 Å². The third-order valence-corrected chi connectivity index (χ3v) is 2.63. The molecule has 6 nitrogen and oxygen atoms in total. The van der Waals surface area contributed by atoms with Gasteiger partial charge in [0, 0.05) is 31.6 Å². The van der Waals surface area contributed by atoms with E-state index in [2.05, 4.69) is 20.8 Å². The normalized spacial score (nSPS) is 14.4. The van der Waals surface area contributed by atoms with Gasteiger partial charge in [-0.1, -0.05) is 0 Å². The van der Waals surface area contributed by atoms with Crippen LogP contribution in [0.4, 0.5) is 0 Å². The molecule has 0 unspecified atom stereocenters. The van der Waals surface area contributed by atoms with Crippen molar-refractivity contribution >= 4 is 11.8 Å². The first kappa shape index (κ1) is 11.6. The Morgan fingerprint density at radius 2 is 2.12 bits per heavy atom. The number of aromatic nitrogens is 2. The van der Waals surface area contributed by atoms with Crippen molar-refractivity contribution in [3.05, 3.63) is 17.5 Å². The summed E-state index contributed by atoms with van der Waals surface area (Å²) >= 11 is 0. The van der Waals surface area contributed by atoms with Crippen LogP contribution in [0.2, 0.25) is 0 Å². The Hall–Kier alpha value is -1.85. The van der Waals surface area contributed by atoms with E-state index in [9.17, 15) is 9.59 Å². The third-order valence-electron chi connectivity index (χ3n) is 2.63. The number of carbonyl (C=O) groups excluding carboxylic acids is 2. The van der Waals surface area contributed by atoms with Crippen molar-refractivity contribution in [2.24, 2.45) is 0 Å². The molecule has 0 saturated heterocycles. The second-order valence-corrected chi connectivity index (χ2v) is 4.22. The van der Waals surface area contributed by atoms with Crippen molar-refractivity contribution in [2.45, 2.75) is 25.7 Å². The Morgan fingerprint density at radius 1 is 1.41 bits per heavy atom. The van der Waals surface area contributed by atoms with Crippen LogP contribution in [0.15, 0.2) is 6.07 Å². The van der Waals surface area contributed by atoms with Crippen LogP contribution in [-0.4, -0.2) is 35.1 Å². The van der Waals surface area contributed by atoms with Gasteiger partial charge in [-0.2, -0.15) is 5.10 Å². The topological polar surface area (TPSA) is 86.9 Å². The lowest BCUT2D eigenvalue weighted by atomic mass is 10.2. The van der Waals surface area contributed by atoms with Crippen LogP contribution in [0, 0.1) is 0 Å². The van der Waals surface area contributed by atoms with Crippen LogP contribution in [0.3, 0.4) is 0 Å². The molecule has 0 bridgehead atoms. The second kappa shape index (κ2) is 4.99. The van der Waals surface area contributed by atoms with Crippen LogP contribution >= 0.6 is 0 Å². The second-order valence-electron chi connectivity index (χ2n) is 4.22. The van der Waals surface area contributed by atoms with Gasteiger partial charge in [-0.3, -0.25) is 14.7 Å². The van der Waals surface area contributed by atoms with E-state index in [1.807, 2.05) is 0 Å². The third kappa shape index (κ3) is 3.30. The summed E-state index contributed by atoms with van der Waals surface area (Å²) in [7, 11) is 0. The molecule has 1 heterocycles. The van der Waals surface area contributed by atoms with Gasteiger partial charge in [0.15, 0.2) is 0 Å². The molecule has 6 heteroatoms. The van der Waals surface area contributed by atoms with Crippen molar-refractivity contribution in [1.82, 2.24) is 20.8 Å². The molecule has 17 heavy (non-hydrogen) atoms. The summed E-state index contributed by atoms with van der Waals surface area (Å²) < 4.78 is 0. The number of carbonyl (C=O) groups is 2. The zero-order chi connectivity index (χ0) is 12.3. The molecule has 0 spiro atoms. The molecule has 1 fully saturated rings. The first-order valence-electron chi connectivity index (χ1n) is 5.75. The first-order valence-corrected chi connectivity index (χ1v) is 5.75. The van der Waals surface area contributed by atoms with Crippen LogP contribution in [-0.2, 0) is 4.79 Å². The standard InChI is InChI=1S/C11H16N4O2/c1-7(16)12-4-5-13-11(17)10-6-9(14-15-10)8-2-3-8/h6,8H,2-5H2,1H3,(H,12,16)(H,13,17)(H,14,15). The largest absolute Gasteiger partial charge is 0.355 e. The molecule has 1 aromatic rings. The maximum absolute atomic E-state index is 11.6. The molecule has 0 atom stereocenters. The van der Waals surface area contributed by atoms with Gasteiger partial charge < -0.3 is 10.6 Å². The maximum Gasteiger partial charge on any atom is 0.271 e. The highest BCUT2D eigenvalue weighted by Crippen LogP contribution is 2.38. The van der Waals surface area contributed by atoms with Gasteiger partial charge in [0.2, 0.25) is 5.91 Å². The average Bonchev–Trinajstić information content (AvgIpc) is 3.02. The van der Waals surface area contributed by atoms with Crippen molar-refractivity contribution < 1.29 is 9.59 Å². The minimum atomic E-state index is -0.210. The lowest BCUT2D eigenvalue weighted by Crippen LogP contribution is -2.33. The Kier molecular flexibility index (Phi) is 3.41. The van der Waals surface area contributed by atoms with Crippen LogP contribution < -0.4 is 10.6 Å². The molecule has 1 saturated carbocycles. The van der Waals surface area contributed by atoms with Gasteiger partial charge in [-0.15, -0.1) is 0 Å². The van der Waals surface area contributed by atoms with E-state index in [1.54, 1.807) is 6.07 Å². The molecule has 0 aromatic carbocycles. The quantitative estimate of drug-likeness (QED) is 0.636. The fourth-order valence-electron chi connectivity index (χ4n) is 1.56. The summed E-state index contributed by atoms with van der Waals surface area (Å²) in [6.45, 7) is 2.28. The minimum absolute atomic E-state index is 0.102. The van der Waals surface area contributed by atoms with Crippen molar-refractivity contribution in [2.75, 3.05) is 13.1 Å². The summed E-state index contributed by atoms with van der Waals surface area (Å²) in [5.41, 5.74) is 1.45. The molecule has 1 aromatic heterocycles. The zero-order valence-electron chi connectivity index (χ0n) is 9.75. The Labute approximate surface area is 99.2 Å². The predicted molar refractivity (Wildman–Crippen MR) is 61.6 cm³/mol. The van der Waals surface area contributed by atoms with E-state index in [0.29, 0.717) is 24.7 Å². The number of hydrogen-bond acceptors (Lipinski definition) is 3. The number of H-pyrrole nitrogens is 1. The summed E-state index contributed by atoms with van der Waals surface area (Å²) in [6.07, 6.45) is 2.34. The van der Waals surface area contributed by atoms with E-state index in [4.69, 9.17) is 0 Å². The molecular formula is C11H16N4O2. The minimum Gasteiger partial charge on any atom is -0.355 e. The van der Waals surface area contributed by atoms with Gasteiger partial charge in [-0.05, 0) is 18.9 Å². The summed E-state index contributed by atoms with van der Waals surface area (Å²) in [5, 5.41) is 12.1. The molecule has 1 aliphatic rings. The highest BCUT2D eigenvalue weighted by atomic mass is 16.2.